The average Bonchev–Trinajstić information content (AvgIpc) is 3.13. The highest BCUT2D eigenvalue weighted by molar-refractivity contribution is 5.90. The lowest BCUT2D eigenvalue weighted by atomic mass is 9.95. The van der Waals surface area contributed by atoms with E-state index in [4.69, 9.17) is 0 Å². The van der Waals surface area contributed by atoms with Crippen LogP contribution in [-0.4, -0.2) is 89.9 Å². The van der Waals surface area contributed by atoms with Gasteiger partial charge in [-0.25, -0.2) is 4.79 Å². The molecule has 0 aromatic heterocycles. The molecule has 1 unspecified atom stereocenters. The Morgan fingerprint density at radius 1 is 1.07 bits per heavy atom. The highest BCUT2D eigenvalue weighted by Crippen LogP contribution is 2.23. The number of hydrogen-bond donors (Lipinski definition) is 2. The van der Waals surface area contributed by atoms with Gasteiger partial charge in [0.05, 0.1) is 12.1 Å². The number of urea groups is 1. The number of likely N-dealkylation sites (tertiary alicyclic amines) is 1. The van der Waals surface area contributed by atoms with E-state index < -0.39 is 6.04 Å². The molecule has 0 radical (unpaired) electrons. The Morgan fingerprint density at radius 2 is 1.83 bits per heavy atom. The zero-order valence-electron chi connectivity index (χ0n) is 19.0. The summed E-state index contributed by atoms with van der Waals surface area (Å²) in [6.07, 6.45) is 3.27. The molecule has 4 amide bonds. The number of nitrogens with one attached hydrogen (secondary N) is 2. The Morgan fingerprint density at radius 3 is 2.47 bits per heavy atom. The number of rotatable bonds is 7. The summed E-state index contributed by atoms with van der Waals surface area (Å²) >= 11 is 0. The zero-order chi connectivity index (χ0) is 21.8. The van der Waals surface area contributed by atoms with E-state index in [2.05, 4.69) is 38.3 Å². The number of carbonyl (C=O) groups excluding carboxylic acids is 3. The van der Waals surface area contributed by atoms with Crippen LogP contribution in [0.2, 0.25) is 0 Å². The van der Waals surface area contributed by atoms with Gasteiger partial charge < -0.3 is 25.3 Å². The van der Waals surface area contributed by atoms with E-state index in [-0.39, 0.29) is 29.9 Å². The van der Waals surface area contributed by atoms with Crippen LogP contribution >= 0.6 is 0 Å². The second kappa shape index (κ2) is 9.98. The standard InChI is InChI=1S/C22H39N5O3/c1-15(2)12-18-20(28)27(11-7-23-18)19(13-16(3)4)21(29)25-9-5-6-17(14-25)26-10-8-24-22(26)30/h15-19,23H,5-14H2,1-4H3,(H,24,30)/t17?,18-,19-/m0/s1. The predicted octanol–water partition coefficient (Wildman–Crippen LogP) is 1.26. The fraction of sp³-hybridized carbons (Fsp3) is 0.864. The van der Waals surface area contributed by atoms with Crippen LogP contribution in [0.3, 0.4) is 0 Å². The Kier molecular flexibility index (Phi) is 7.60. The van der Waals surface area contributed by atoms with Crippen molar-refractivity contribution in [2.45, 2.75) is 71.5 Å². The van der Waals surface area contributed by atoms with Crippen LogP contribution in [0.4, 0.5) is 4.79 Å². The van der Waals surface area contributed by atoms with Gasteiger partial charge in [-0.15, -0.1) is 0 Å². The molecule has 0 bridgehead atoms. The van der Waals surface area contributed by atoms with Gasteiger partial charge in [-0.1, -0.05) is 27.7 Å². The lowest BCUT2D eigenvalue weighted by molar-refractivity contribution is -0.150. The maximum Gasteiger partial charge on any atom is 0.317 e. The number of amides is 4. The molecule has 3 atom stereocenters. The maximum atomic E-state index is 13.6. The molecule has 0 saturated carbocycles. The highest BCUT2D eigenvalue weighted by Gasteiger charge is 2.40. The Labute approximate surface area is 180 Å². The summed E-state index contributed by atoms with van der Waals surface area (Å²) in [5.74, 6) is 0.836. The van der Waals surface area contributed by atoms with Crippen molar-refractivity contribution in [2.24, 2.45) is 11.8 Å². The molecule has 0 spiro atoms. The Hall–Kier alpha value is -1.83. The third-order valence-corrected chi connectivity index (χ3v) is 6.43. The van der Waals surface area contributed by atoms with E-state index in [1.807, 2.05) is 14.7 Å². The van der Waals surface area contributed by atoms with E-state index in [9.17, 15) is 14.4 Å². The van der Waals surface area contributed by atoms with Gasteiger partial charge >= 0.3 is 6.03 Å². The molecular weight excluding hydrogens is 382 g/mol. The minimum Gasteiger partial charge on any atom is -0.339 e. The van der Waals surface area contributed by atoms with E-state index in [0.29, 0.717) is 51.0 Å². The highest BCUT2D eigenvalue weighted by atomic mass is 16.2. The second-order valence-corrected chi connectivity index (χ2v) is 9.82. The fourth-order valence-electron chi connectivity index (χ4n) is 4.98. The molecule has 0 aromatic rings. The van der Waals surface area contributed by atoms with Crippen molar-refractivity contribution in [3.05, 3.63) is 0 Å². The minimum atomic E-state index is -0.416. The van der Waals surface area contributed by atoms with Crippen molar-refractivity contribution >= 4 is 17.8 Å². The van der Waals surface area contributed by atoms with Crippen molar-refractivity contribution in [2.75, 3.05) is 39.3 Å². The second-order valence-electron chi connectivity index (χ2n) is 9.82. The van der Waals surface area contributed by atoms with Crippen LogP contribution in [0.1, 0.15) is 53.4 Å². The van der Waals surface area contributed by atoms with Crippen molar-refractivity contribution in [1.29, 1.82) is 0 Å². The average molecular weight is 422 g/mol. The van der Waals surface area contributed by atoms with Crippen molar-refractivity contribution in [1.82, 2.24) is 25.3 Å². The molecule has 0 aliphatic carbocycles. The van der Waals surface area contributed by atoms with Crippen LogP contribution in [0.15, 0.2) is 0 Å². The van der Waals surface area contributed by atoms with Crippen LogP contribution in [0.25, 0.3) is 0 Å². The summed E-state index contributed by atoms with van der Waals surface area (Å²) in [4.78, 5) is 44.6. The van der Waals surface area contributed by atoms with E-state index >= 15 is 0 Å². The van der Waals surface area contributed by atoms with Gasteiger partial charge in [0, 0.05) is 39.3 Å². The number of piperidine rings is 1. The smallest absolute Gasteiger partial charge is 0.317 e. The van der Waals surface area contributed by atoms with Crippen LogP contribution in [0.5, 0.6) is 0 Å². The first-order chi connectivity index (χ1) is 14.3. The van der Waals surface area contributed by atoms with Crippen molar-refractivity contribution < 1.29 is 14.4 Å². The summed E-state index contributed by atoms with van der Waals surface area (Å²) in [5.41, 5.74) is 0. The normalized spacial score (nSPS) is 26.5. The van der Waals surface area contributed by atoms with Crippen molar-refractivity contribution in [3.63, 3.8) is 0 Å². The fourth-order valence-corrected chi connectivity index (χ4v) is 4.98. The van der Waals surface area contributed by atoms with E-state index in [1.54, 1.807) is 0 Å². The molecular formula is C22H39N5O3. The topological polar surface area (TPSA) is 85.0 Å². The molecule has 8 heteroatoms. The van der Waals surface area contributed by atoms with Crippen LogP contribution < -0.4 is 10.6 Å². The molecule has 170 valence electrons. The lowest BCUT2D eigenvalue weighted by Crippen LogP contribution is -2.63. The van der Waals surface area contributed by atoms with Crippen LogP contribution in [0, 0.1) is 11.8 Å². The molecule has 3 aliphatic heterocycles. The third-order valence-electron chi connectivity index (χ3n) is 6.43. The van der Waals surface area contributed by atoms with Gasteiger partial charge in [-0.05, 0) is 37.5 Å². The quantitative estimate of drug-likeness (QED) is 0.648. The van der Waals surface area contributed by atoms with Crippen LogP contribution in [-0.2, 0) is 9.59 Å². The van der Waals surface area contributed by atoms with Gasteiger partial charge in [0.2, 0.25) is 11.8 Å². The molecule has 8 nitrogen and oxygen atoms in total. The maximum absolute atomic E-state index is 13.6. The number of nitrogens with zero attached hydrogens (tertiary/aromatic N) is 3. The van der Waals surface area contributed by atoms with E-state index in [1.165, 1.54) is 0 Å². The molecule has 0 aromatic carbocycles. The van der Waals surface area contributed by atoms with Gasteiger partial charge in [0.25, 0.3) is 0 Å². The molecule has 3 aliphatic rings. The number of piperazine rings is 1. The summed E-state index contributed by atoms with van der Waals surface area (Å²) in [6, 6.07) is -0.580. The first-order valence-electron chi connectivity index (χ1n) is 11.6. The molecule has 3 heterocycles. The Bertz CT molecular complexity index is 638. The molecule has 3 saturated heterocycles. The first kappa shape index (κ1) is 22.8. The predicted molar refractivity (Wildman–Crippen MR) is 116 cm³/mol. The van der Waals surface area contributed by atoms with Gasteiger partial charge in [-0.3, -0.25) is 9.59 Å². The minimum absolute atomic E-state index is 0.0261. The molecule has 2 N–H and O–H groups in total. The lowest BCUT2D eigenvalue weighted by Gasteiger charge is -2.43. The SMILES string of the molecule is CC(C)C[C@@H]1NCCN([C@@H](CC(C)C)C(=O)N2CCCC(N3CCNC3=O)C2)C1=O. The largest absolute Gasteiger partial charge is 0.339 e. The summed E-state index contributed by atoms with van der Waals surface area (Å²) in [6.45, 7) is 12.4. The number of carbonyl (C=O) groups is 3. The zero-order valence-corrected chi connectivity index (χ0v) is 19.0. The summed E-state index contributed by atoms with van der Waals surface area (Å²) in [7, 11) is 0. The Balaban J connectivity index is 1.73. The third kappa shape index (κ3) is 5.25. The van der Waals surface area contributed by atoms with Gasteiger partial charge in [0.1, 0.15) is 6.04 Å². The van der Waals surface area contributed by atoms with E-state index in [0.717, 1.165) is 25.8 Å². The molecule has 3 rings (SSSR count). The van der Waals surface area contributed by atoms with Crippen molar-refractivity contribution in [3.8, 4) is 0 Å². The molecule has 30 heavy (non-hydrogen) atoms. The summed E-state index contributed by atoms with van der Waals surface area (Å²) < 4.78 is 0. The van der Waals surface area contributed by atoms with Gasteiger partial charge in [0.15, 0.2) is 0 Å². The first-order valence-corrected chi connectivity index (χ1v) is 11.6. The monoisotopic (exact) mass is 421 g/mol. The summed E-state index contributed by atoms with van der Waals surface area (Å²) in [5, 5.41) is 6.20. The van der Waals surface area contributed by atoms with Gasteiger partial charge in [-0.2, -0.15) is 0 Å². The molecule has 3 fully saturated rings. The number of hydrogen-bond acceptors (Lipinski definition) is 4.